The van der Waals surface area contributed by atoms with E-state index in [1.807, 2.05) is 0 Å². The molecule has 0 saturated carbocycles. The molecule has 6 rings (SSSR count). The Morgan fingerprint density at radius 3 is 1.24 bits per heavy atom. The van der Waals surface area contributed by atoms with E-state index >= 15 is 0 Å². The van der Waals surface area contributed by atoms with Crippen molar-refractivity contribution in [3.8, 4) is 22.3 Å². The SMILES string of the molecule is Cc1[c-]c2c(cc1)-c1ccc(C)cc1C2.Cc1[c-]c2c(cc1)-c1ccc(C)cc1C2.[Cl-].[Cl-].[Zr+2].[Zr+2]. The second-order valence-corrected chi connectivity index (χ2v) is 8.74. The Morgan fingerprint density at radius 1 is 0.500 bits per heavy atom. The quantitative estimate of drug-likeness (QED) is 0.221. The number of fused-ring (bicyclic) bond motifs is 6. The zero-order valence-electron chi connectivity index (χ0n) is 19.9. The van der Waals surface area contributed by atoms with E-state index in [2.05, 4.69) is 100 Å². The minimum atomic E-state index is 0. The van der Waals surface area contributed by atoms with E-state index in [1.165, 1.54) is 66.8 Å². The van der Waals surface area contributed by atoms with Gasteiger partial charge in [0.1, 0.15) is 0 Å². The van der Waals surface area contributed by atoms with Gasteiger partial charge < -0.3 is 24.8 Å². The van der Waals surface area contributed by atoms with Gasteiger partial charge in [-0.1, -0.05) is 72.5 Å². The minimum absolute atomic E-state index is 0. The van der Waals surface area contributed by atoms with E-state index in [1.54, 1.807) is 0 Å². The van der Waals surface area contributed by atoms with E-state index in [0.29, 0.717) is 0 Å². The van der Waals surface area contributed by atoms with Crippen LogP contribution in [0.1, 0.15) is 44.5 Å². The monoisotopic (exact) mass is 636 g/mol. The first kappa shape index (κ1) is 31.3. The van der Waals surface area contributed by atoms with Crippen LogP contribution in [0.3, 0.4) is 0 Å². The molecule has 168 valence electrons. The number of hydrogen-bond donors (Lipinski definition) is 0. The Labute approximate surface area is 255 Å². The summed E-state index contributed by atoms with van der Waals surface area (Å²) in [7, 11) is 0. The van der Waals surface area contributed by atoms with Crippen molar-refractivity contribution in [1.82, 2.24) is 0 Å². The first-order valence-corrected chi connectivity index (χ1v) is 10.7. The first-order chi connectivity index (χ1) is 14.5. The Bertz CT molecular complexity index is 1100. The Morgan fingerprint density at radius 2 is 0.853 bits per heavy atom. The molecular formula is C30H26Cl2Zr2. The van der Waals surface area contributed by atoms with Crippen LogP contribution in [0.4, 0.5) is 0 Å². The molecule has 0 radical (unpaired) electrons. The van der Waals surface area contributed by atoms with Gasteiger partial charge in [0.2, 0.25) is 0 Å². The number of halogens is 2. The average molecular weight is 640 g/mol. The molecule has 0 spiro atoms. The maximum Gasteiger partial charge on any atom is 2.00 e. The van der Waals surface area contributed by atoms with Crippen LogP contribution in [0.15, 0.2) is 60.7 Å². The van der Waals surface area contributed by atoms with E-state index < -0.39 is 0 Å². The van der Waals surface area contributed by atoms with Gasteiger partial charge in [0.25, 0.3) is 0 Å². The zero-order valence-corrected chi connectivity index (χ0v) is 26.4. The van der Waals surface area contributed by atoms with Crippen LogP contribution in [0.2, 0.25) is 0 Å². The van der Waals surface area contributed by atoms with Gasteiger partial charge in [0.15, 0.2) is 0 Å². The molecule has 0 heterocycles. The summed E-state index contributed by atoms with van der Waals surface area (Å²) >= 11 is 0. The van der Waals surface area contributed by atoms with E-state index in [4.69, 9.17) is 0 Å². The van der Waals surface area contributed by atoms with E-state index in [9.17, 15) is 0 Å². The van der Waals surface area contributed by atoms with Gasteiger partial charge in [0.05, 0.1) is 0 Å². The fourth-order valence-electron chi connectivity index (χ4n) is 4.74. The van der Waals surface area contributed by atoms with Gasteiger partial charge in [-0.3, -0.25) is 0 Å². The number of benzene rings is 4. The van der Waals surface area contributed by atoms with Gasteiger partial charge in [0, 0.05) is 0 Å². The molecule has 2 aliphatic carbocycles. The second kappa shape index (κ2) is 13.0. The molecule has 2 aliphatic rings. The van der Waals surface area contributed by atoms with Gasteiger partial charge in [-0.25, -0.2) is 0 Å². The van der Waals surface area contributed by atoms with Crippen LogP contribution >= 0.6 is 0 Å². The van der Waals surface area contributed by atoms with Crippen molar-refractivity contribution in [3.05, 3.63) is 117 Å². The van der Waals surface area contributed by atoms with Gasteiger partial charge in [-0.2, -0.15) is 47.5 Å². The third kappa shape index (κ3) is 6.31. The molecule has 0 nitrogen and oxygen atoms in total. The molecule has 0 saturated heterocycles. The fraction of sp³-hybridized carbons (Fsp3) is 0.200. The standard InChI is InChI=1S/2C15H13.2ClH.2Zr/c2*1-10-3-5-14-12(7-10)9-13-8-11(2)4-6-15(13)14;;;;/h2*3-7H,9H2,1-2H3;2*1H;;/q2*-1;;;2*+2/p-2. The van der Waals surface area contributed by atoms with E-state index in [-0.39, 0.29) is 77.2 Å². The van der Waals surface area contributed by atoms with Crippen molar-refractivity contribution in [2.45, 2.75) is 40.5 Å². The number of hydrogen-bond acceptors (Lipinski definition) is 0. The fourth-order valence-corrected chi connectivity index (χ4v) is 4.74. The first-order valence-electron chi connectivity index (χ1n) is 10.7. The maximum atomic E-state index is 3.45. The van der Waals surface area contributed by atoms with Crippen LogP contribution < -0.4 is 24.8 Å². The van der Waals surface area contributed by atoms with Gasteiger partial charge in [-0.05, 0) is 37.8 Å². The summed E-state index contributed by atoms with van der Waals surface area (Å²) in [5.74, 6) is 0. The van der Waals surface area contributed by atoms with Crippen molar-refractivity contribution < 1.29 is 77.2 Å². The zero-order chi connectivity index (χ0) is 20.8. The smallest absolute Gasteiger partial charge is 1.00 e. The molecule has 0 bridgehead atoms. The molecule has 0 N–H and O–H groups in total. The van der Waals surface area contributed by atoms with Crippen LogP contribution in [-0.4, -0.2) is 0 Å². The molecule has 4 aromatic rings. The summed E-state index contributed by atoms with van der Waals surface area (Å²) in [6.07, 6.45) is 2.10. The van der Waals surface area contributed by atoms with Crippen LogP contribution in [0.25, 0.3) is 22.3 Å². The summed E-state index contributed by atoms with van der Waals surface area (Å²) in [4.78, 5) is 0. The van der Waals surface area contributed by atoms with Crippen molar-refractivity contribution in [2.24, 2.45) is 0 Å². The third-order valence-corrected chi connectivity index (χ3v) is 6.18. The largest absolute Gasteiger partial charge is 2.00 e. The molecule has 0 aliphatic heterocycles. The Hall–Kier alpha value is -0.774. The molecule has 0 fully saturated rings. The molecular weight excluding hydrogens is 614 g/mol. The molecule has 4 heteroatoms. The summed E-state index contributed by atoms with van der Waals surface area (Å²) in [5.41, 5.74) is 16.3. The predicted molar refractivity (Wildman–Crippen MR) is 126 cm³/mol. The average Bonchev–Trinajstić information content (AvgIpc) is 3.23. The van der Waals surface area contributed by atoms with E-state index in [0.717, 1.165) is 12.8 Å². The topological polar surface area (TPSA) is 0 Å². The Balaban J connectivity index is 0.000000304. The molecule has 0 amide bonds. The van der Waals surface area contributed by atoms with Crippen molar-refractivity contribution >= 4 is 0 Å². The van der Waals surface area contributed by atoms with Crippen LogP contribution in [-0.2, 0) is 65.2 Å². The summed E-state index contributed by atoms with van der Waals surface area (Å²) in [5, 5.41) is 0. The van der Waals surface area contributed by atoms with Crippen molar-refractivity contribution in [2.75, 3.05) is 0 Å². The van der Waals surface area contributed by atoms with Crippen LogP contribution in [0.5, 0.6) is 0 Å². The summed E-state index contributed by atoms with van der Waals surface area (Å²) in [6.45, 7) is 8.51. The van der Waals surface area contributed by atoms with Gasteiger partial charge in [-0.15, -0.1) is 22.3 Å². The maximum absolute atomic E-state index is 3.45. The normalized spacial score (nSPS) is 10.9. The van der Waals surface area contributed by atoms with Gasteiger partial charge >= 0.3 is 52.4 Å². The molecule has 0 aromatic heterocycles. The minimum Gasteiger partial charge on any atom is -1.00 e. The molecule has 0 unspecified atom stereocenters. The molecule has 34 heavy (non-hydrogen) atoms. The van der Waals surface area contributed by atoms with Crippen molar-refractivity contribution in [1.29, 1.82) is 0 Å². The predicted octanol–water partition coefficient (Wildman–Crippen LogP) is 1.35. The molecule has 0 atom stereocenters. The number of rotatable bonds is 0. The third-order valence-electron chi connectivity index (χ3n) is 6.18. The van der Waals surface area contributed by atoms with Crippen LogP contribution in [0, 0.1) is 39.8 Å². The molecule has 4 aromatic carbocycles. The van der Waals surface area contributed by atoms with Crippen molar-refractivity contribution in [3.63, 3.8) is 0 Å². The second-order valence-electron chi connectivity index (χ2n) is 8.74. The Kier molecular flexibility index (Phi) is 11.9. The summed E-state index contributed by atoms with van der Waals surface area (Å²) < 4.78 is 0. The summed E-state index contributed by atoms with van der Waals surface area (Å²) in [6, 6.07) is 29.1. The number of aryl methyl sites for hydroxylation is 4.